The fourth-order valence-corrected chi connectivity index (χ4v) is 2.19. The van der Waals surface area contributed by atoms with Crippen molar-refractivity contribution in [3.05, 3.63) is 83.9 Å². The summed E-state index contributed by atoms with van der Waals surface area (Å²) in [5.74, 6) is -0.269. The lowest BCUT2D eigenvalue weighted by molar-refractivity contribution is 0.0945. The Morgan fingerprint density at radius 1 is 1.00 bits per heavy atom. The minimum absolute atomic E-state index is 0.269. The SMILES string of the molecule is N#Cc1ccc(Nc2ccnc(C(=O)NCc3ccccn3)c2)cc1. The molecule has 0 spiro atoms. The van der Waals surface area contributed by atoms with E-state index in [1.807, 2.05) is 18.2 Å². The van der Waals surface area contributed by atoms with Crippen LogP contribution in [0.15, 0.2) is 67.0 Å². The topological polar surface area (TPSA) is 90.7 Å². The van der Waals surface area contributed by atoms with Crippen molar-refractivity contribution in [2.75, 3.05) is 5.32 Å². The standard InChI is InChI=1S/C19H15N5O/c20-12-14-4-6-15(7-5-14)24-16-8-10-22-18(11-16)19(25)23-13-17-3-1-2-9-21-17/h1-11H,13H2,(H,22,24)(H,23,25). The lowest BCUT2D eigenvalue weighted by atomic mass is 10.2. The summed E-state index contributed by atoms with van der Waals surface area (Å²) in [5, 5.41) is 14.8. The van der Waals surface area contributed by atoms with Crippen LogP contribution in [-0.2, 0) is 6.54 Å². The van der Waals surface area contributed by atoms with E-state index in [2.05, 4.69) is 26.7 Å². The summed E-state index contributed by atoms with van der Waals surface area (Å²) in [4.78, 5) is 20.5. The first kappa shape index (κ1) is 16.1. The zero-order valence-corrected chi connectivity index (χ0v) is 13.3. The van der Waals surface area contributed by atoms with E-state index in [4.69, 9.17) is 5.26 Å². The van der Waals surface area contributed by atoms with Gasteiger partial charge in [0.15, 0.2) is 0 Å². The Morgan fingerprint density at radius 3 is 2.56 bits per heavy atom. The lowest BCUT2D eigenvalue weighted by Crippen LogP contribution is -2.24. The summed E-state index contributed by atoms with van der Waals surface area (Å²) in [5.41, 5.74) is 3.25. The third-order valence-corrected chi connectivity index (χ3v) is 3.45. The summed E-state index contributed by atoms with van der Waals surface area (Å²) >= 11 is 0. The maximum absolute atomic E-state index is 12.2. The van der Waals surface area contributed by atoms with Crippen molar-refractivity contribution in [3.8, 4) is 6.07 Å². The molecule has 0 bridgehead atoms. The van der Waals surface area contributed by atoms with Crippen LogP contribution in [0.5, 0.6) is 0 Å². The minimum atomic E-state index is -0.269. The van der Waals surface area contributed by atoms with Gasteiger partial charge < -0.3 is 10.6 Å². The molecule has 6 nitrogen and oxygen atoms in total. The first-order chi connectivity index (χ1) is 12.2. The summed E-state index contributed by atoms with van der Waals surface area (Å²) in [7, 11) is 0. The van der Waals surface area contributed by atoms with Gasteiger partial charge in [-0.2, -0.15) is 5.26 Å². The van der Waals surface area contributed by atoms with Crippen molar-refractivity contribution in [2.45, 2.75) is 6.54 Å². The van der Waals surface area contributed by atoms with Crippen LogP contribution in [0, 0.1) is 11.3 Å². The number of pyridine rings is 2. The molecule has 0 saturated carbocycles. The van der Waals surface area contributed by atoms with Gasteiger partial charge in [-0.3, -0.25) is 14.8 Å². The second kappa shape index (κ2) is 7.70. The number of carbonyl (C=O) groups is 1. The quantitative estimate of drug-likeness (QED) is 0.751. The van der Waals surface area contributed by atoms with Crippen molar-refractivity contribution >= 4 is 17.3 Å². The normalized spacial score (nSPS) is 9.88. The highest BCUT2D eigenvalue weighted by Gasteiger charge is 2.08. The Balaban J connectivity index is 1.66. The van der Waals surface area contributed by atoms with Gasteiger partial charge in [-0.15, -0.1) is 0 Å². The maximum atomic E-state index is 12.2. The predicted octanol–water partition coefficient (Wildman–Crippen LogP) is 3.02. The minimum Gasteiger partial charge on any atom is -0.355 e. The number of nitrogens with zero attached hydrogens (tertiary/aromatic N) is 3. The number of anilines is 2. The van der Waals surface area contributed by atoms with E-state index < -0.39 is 0 Å². The molecule has 0 atom stereocenters. The van der Waals surface area contributed by atoms with Crippen molar-refractivity contribution in [3.63, 3.8) is 0 Å². The number of amides is 1. The smallest absolute Gasteiger partial charge is 0.270 e. The average Bonchev–Trinajstić information content (AvgIpc) is 2.68. The Kier molecular flexibility index (Phi) is 4.98. The molecule has 25 heavy (non-hydrogen) atoms. The molecule has 0 radical (unpaired) electrons. The predicted molar refractivity (Wildman–Crippen MR) is 94.1 cm³/mol. The molecule has 3 aromatic rings. The van der Waals surface area contributed by atoms with Crippen LogP contribution in [0.1, 0.15) is 21.7 Å². The number of hydrogen-bond donors (Lipinski definition) is 2. The molecule has 0 saturated heterocycles. The van der Waals surface area contributed by atoms with Crippen LogP contribution in [0.25, 0.3) is 0 Å². The Labute approximate surface area is 145 Å². The largest absolute Gasteiger partial charge is 0.355 e. The van der Waals surface area contributed by atoms with Crippen molar-refractivity contribution in [1.29, 1.82) is 5.26 Å². The van der Waals surface area contributed by atoms with Gasteiger partial charge in [0.05, 0.1) is 23.9 Å². The van der Waals surface area contributed by atoms with Gasteiger partial charge in [0.2, 0.25) is 0 Å². The number of hydrogen-bond acceptors (Lipinski definition) is 5. The number of aromatic nitrogens is 2. The zero-order valence-electron chi connectivity index (χ0n) is 13.3. The summed E-state index contributed by atoms with van der Waals surface area (Å²) in [6.45, 7) is 0.342. The Hall–Kier alpha value is -3.72. The van der Waals surface area contributed by atoms with E-state index in [9.17, 15) is 4.79 Å². The monoisotopic (exact) mass is 329 g/mol. The highest BCUT2D eigenvalue weighted by Crippen LogP contribution is 2.17. The molecule has 0 unspecified atom stereocenters. The third kappa shape index (κ3) is 4.39. The first-order valence-corrected chi connectivity index (χ1v) is 7.66. The van der Waals surface area contributed by atoms with Crippen LogP contribution < -0.4 is 10.6 Å². The maximum Gasteiger partial charge on any atom is 0.270 e. The molecule has 2 heterocycles. The molecular formula is C19H15N5O. The molecule has 0 aliphatic heterocycles. The number of nitrogens with one attached hydrogen (secondary N) is 2. The van der Waals surface area contributed by atoms with Gasteiger partial charge in [-0.25, -0.2) is 0 Å². The Bertz CT molecular complexity index is 901. The molecular weight excluding hydrogens is 314 g/mol. The second-order valence-electron chi connectivity index (χ2n) is 5.25. The van der Waals surface area contributed by atoms with Gasteiger partial charge in [0, 0.05) is 23.8 Å². The average molecular weight is 329 g/mol. The Morgan fingerprint density at radius 2 is 1.84 bits per heavy atom. The molecule has 2 N–H and O–H groups in total. The van der Waals surface area contributed by atoms with Gasteiger partial charge >= 0.3 is 0 Å². The number of benzene rings is 1. The second-order valence-corrected chi connectivity index (χ2v) is 5.25. The molecule has 6 heteroatoms. The number of nitriles is 1. The van der Waals surface area contributed by atoms with E-state index in [0.717, 1.165) is 17.1 Å². The number of rotatable bonds is 5. The van der Waals surface area contributed by atoms with Gasteiger partial charge in [-0.1, -0.05) is 6.07 Å². The van der Waals surface area contributed by atoms with Crippen molar-refractivity contribution in [2.24, 2.45) is 0 Å². The van der Waals surface area contributed by atoms with Gasteiger partial charge in [0.25, 0.3) is 5.91 Å². The highest BCUT2D eigenvalue weighted by atomic mass is 16.1. The number of carbonyl (C=O) groups excluding carboxylic acids is 1. The van der Waals surface area contributed by atoms with Crippen molar-refractivity contribution < 1.29 is 4.79 Å². The highest BCUT2D eigenvalue weighted by molar-refractivity contribution is 5.93. The summed E-state index contributed by atoms with van der Waals surface area (Å²) in [6.07, 6.45) is 3.25. The van der Waals surface area contributed by atoms with Crippen LogP contribution in [0.3, 0.4) is 0 Å². The van der Waals surface area contributed by atoms with Gasteiger partial charge in [-0.05, 0) is 48.5 Å². The van der Waals surface area contributed by atoms with E-state index in [1.54, 1.807) is 48.8 Å². The lowest BCUT2D eigenvalue weighted by Gasteiger charge is -2.08. The van der Waals surface area contributed by atoms with E-state index in [1.165, 1.54) is 0 Å². The fraction of sp³-hybridized carbons (Fsp3) is 0.0526. The van der Waals surface area contributed by atoms with E-state index in [-0.39, 0.29) is 5.91 Å². The van der Waals surface area contributed by atoms with Crippen molar-refractivity contribution in [1.82, 2.24) is 15.3 Å². The third-order valence-electron chi connectivity index (χ3n) is 3.45. The summed E-state index contributed by atoms with van der Waals surface area (Å²) < 4.78 is 0. The van der Waals surface area contributed by atoms with Crippen LogP contribution >= 0.6 is 0 Å². The summed E-state index contributed by atoms with van der Waals surface area (Å²) in [6, 6.07) is 18.1. The molecule has 122 valence electrons. The van der Waals surface area contributed by atoms with E-state index in [0.29, 0.717) is 17.8 Å². The van der Waals surface area contributed by atoms with Crippen LogP contribution in [-0.4, -0.2) is 15.9 Å². The molecule has 0 aliphatic rings. The fourth-order valence-electron chi connectivity index (χ4n) is 2.19. The van der Waals surface area contributed by atoms with E-state index >= 15 is 0 Å². The van der Waals surface area contributed by atoms with Gasteiger partial charge in [0.1, 0.15) is 5.69 Å². The molecule has 1 amide bonds. The molecule has 0 fully saturated rings. The zero-order chi connectivity index (χ0) is 17.5. The molecule has 3 rings (SSSR count). The van der Waals surface area contributed by atoms with Crippen LogP contribution in [0.4, 0.5) is 11.4 Å². The molecule has 0 aliphatic carbocycles. The first-order valence-electron chi connectivity index (χ1n) is 7.66. The van der Waals surface area contributed by atoms with Crippen LogP contribution in [0.2, 0.25) is 0 Å². The molecule has 1 aromatic carbocycles. The molecule has 2 aromatic heterocycles.